The molecule has 5 N–H and O–H groups in total. The maximum absolute atomic E-state index is 13.9. The van der Waals surface area contributed by atoms with Crippen LogP contribution in [0.5, 0.6) is 0 Å². The number of benzene rings is 1. The van der Waals surface area contributed by atoms with Crippen LogP contribution in [-0.4, -0.2) is 31.1 Å². The predicted molar refractivity (Wildman–Crippen MR) is 81.1 cm³/mol. The first-order valence-corrected chi connectivity index (χ1v) is 6.69. The maximum Gasteiger partial charge on any atom is 0.169 e. The minimum absolute atomic E-state index is 0.0870. The largest absolute Gasteiger partial charge is 0.397 e. The topological polar surface area (TPSA) is 67.3 Å². The highest BCUT2D eigenvalue weighted by molar-refractivity contribution is 6.33. The first kappa shape index (κ1) is 15.9. The summed E-state index contributed by atoms with van der Waals surface area (Å²) in [4.78, 5) is 2.22. The van der Waals surface area contributed by atoms with Gasteiger partial charge in [-0.2, -0.15) is 0 Å². The van der Waals surface area contributed by atoms with E-state index in [2.05, 4.69) is 31.1 Å². The predicted octanol–water partition coefficient (Wildman–Crippen LogP) is 2.79. The van der Waals surface area contributed by atoms with Gasteiger partial charge in [0.15, 0.2) is 5.82 Å². The lowest BCUT2D eigenvalue weighted by molar-refractivity contribution is 0.273. The summed E-state index contributed by atoms with van der Waals surface area (Å²) in [6.07, 6.45) is 0.884. The fourth-order valence-corrected chi connectivity index (χ4v) is 1.80. The molecule has 0 spiro atoms. The molecule has 0 bridgehead atoms. The van der Waals surface area contributed by atoms with Crippen molar-refractivity contribution >= 4 is 28.7 Å². The van der Waals surface area contributed by atoms with Crippen molar-refractivity contribution in [2.75, 3.05) is 36.9 Å². The van der Waals surface area contributed by atoms with Crippen LogP contribution in [0.4, 0.5) is 21.5 Å². The number of nitrogen functional groups attached to an aromatic ring is 2. The monoisotopic (exact) mass is 288 g/mol. The average Bonchev–Trinajstić information content (AvgIpc) is 2.34. The van der Waals surface area contributed by atoms with Crippen molar-refractivity contribution in [2.24, 2.45) is 0 Å². The summed E-state index contributed by atoms with van der Waals surface area (Å²) in [6, 6.07) is 1.96. The lowest BCUT2D eigenvalue weighted by Crippen LogP contribution is -2.28. The van der Waals surface area contributed by atoms with Gasteiger partial charge in [0.05, 0.1) is 17.1 Å². The molecule has 0 aliphatic carbocycles. The van der Waals surface area contributed by atoms with Crippen LogP contribution < -0.4 is 16.8 Å². The summed E-state index contributed by atoms with van der Waals surface area (Å²) < 4.78 is 13.9. The Morgan fingerprint density at radius 2 is 2.00 bits per heavy atom. The molecule has 0 aliphatic heterocycles. The van der Waals surface area contributed by atoms with Gasteiger partial charge in [-0.3, -0.25) is 0 Å². The lowest BCUT2D eigenvalue weighted by Gasteiger charge is -2.21. The molecule has 0 saturated carbocycles. The fourth-order valence-electron chi connectivity index (χ4n) is 1.65. The lowest BCUT2D eigenvalue weighted by atomic mass is 10.2. The van der Waals surface area contributed by atoms with Gasteiger partial charge in [0.2, 0.25) is 0 Å². The molecule has 108 valence electrons. The summed E-state index contributed by atoms with van der Waals surface area (Å²) in [5.41, 5.74) is 11.9. The molecular weight excluding hydrogens is 267 g/mol. The molecule has 0 unspecified atom stereocenters. The Labute approximate surface area is 118 Å². The zero-order valence-corrected chi connectivity index (χ0v) is 12.4. The van der Waals surface area contributed by atoms with E-state index in [-0.39, 0.29) is 22.1 Å². The van der Waals surface area contributed by atoms with Gasteiger partial charge in [0.1, 0.15) is 5.02 Å². The van der Waals surface area contributed by atoms with Crippen LogP contribution in [-0.2, 0) is 0 Å². The van der Waals surface area contributed by atoms with E-state index < -0.39 is 5.82 Å². The Kier molecular flexibility index (Phi) is 5.69. The highest BCUT2D eigenvalue weighted by Gasteiger charge is 2.13. The van der Waals surface area contributed by atoms with E-state index in [1.165, 1.54) is 6.07 Å². The second-order valence-electron chi connectivity index (χ2n) is 4.91. The molecule has 0 fully saturated rings. The number of hydrogen-bond acceptors (Lipinski definition) is 4. The number of nitrogens with one attached hydrogen (secondary N) is 1. The summed E-state index contributed by atoms with van der Waals surface area (Å²) in [5.74, 6) is -0.587. The second kappa shape index (κ2) is 6.82. The van der Waals surface area contributed by atoms with Crippen LogP contribution in [0, 0.1) is 5.82 Å². The average molecular weight is 289 g/mol. The number of halogens is 2. The van der Waals surface area contributed by atoms with Gasteiger partial charge >= 0.3 is 0 Å². The third kappa shape index (κ3) is 4.14. The molecule has 0 heterocycles. The SMILES string of the molecule is CC(C)N(C)CCCNc1c(N)cc(N)c(Cl)c1F. The molecule has 0 amide bonds. The molecular formula is C13H22ClFN4. The summed E-state index contributed by atoms with van der Waals surface area (Å²) >= 11 is 5.76. The van der Waals surface area contributed by atoms with E-state index in [1.54, 1.807) is 0 Å². The highest BCUT2D eigenvalue weighted by Crippen LogP contribution is 2.33. The number of nitrogens with two attached hydrogens (primary N) is 2. The number of rotatable bonds is 6. The minimum Gasteiger partial charge on any atom is -0.397 e. The smallest absolute Gasteiger partial charge is 0.169 e. The molecule has 1 aromatic rings. The van der Waals surface area contributed by atoms with E-state index in [0.717, 1.165) is 13.0 Å². The number of anilines is 3. The molecule has 1 rings (SSSR count). The maximum atomic E-state index is 13.9. The van der Waals surface area contributed by atoms with Crippen molar-refractivity contribution in [3.05, 3.63) is 16.9 Å². The molecule has 6 heteroatoms. The number of nitrogens with zero attached hydrogens (tertiary/aromatic N) is 1. The zero-order valence-electron chi connectivity index (χ0n) is 11.6. The molecule has 4 nitrogen and oxygen atoms in total. The third-order valence-electron chi connectivity index (χ3n) is 3.14. The summed E-state index contributed by atoms with van der Waals surface area (Å²) in [6.45, 7) is 5.81. The Balaban J connectivity index is 2.57. The van der Waals surface area contributed by atoms with Crippen molar-refractivity contribution in [1.82, 2.24) is 4.90 Å². The van der Waals surface area contributed by atoms with Crippen LogP contribution in [0.25, 0.3) is 0 Å². The highest BCUT2D eigenvalue weighted by atomic mass is 35.5. The van der Waals surface area contributed by atoms with E-state index in [9.17, 15) is 4.39 Å². The Morgan fingerprint density at radius 3 is 2.58 bits per heavy atom. The molecule has 0 aromatic heterocycles. The van der Waals surface area contributed by atoms with Crippen LogP contribution >= 0.6 is 11.6 Å². The molecule has 0 saturated heterocycles. The van der Waals surface area contributed by atoms with Gasteiger partial charge in [-0.25, -0.2) is 4.39 Å². The van der Waals surface area contributed by atoms with E-state index in [1.807, 2.05) is 0 Å². The molecule has 0 aliphatic rings. The molecule has 1 aromatic carbocycles. The van der Waals surface area contributed by atoms with Crippen molar-refractivity contribution in [3.8, 4) is 0 Å². The molecule has 0 atom stereocenters. The van der Waals surface area contributed by atoms with Crippen molar-refractivity contribution in [3.63, 3.8) is 0 Å². The van der Waals surface area contributed by atoms with Gasteiger partial charge in [0, 0.05) is 12.6 Å². The molecule has 0 radical (unpaired) electrons. The zero-order chi connectivity index (χ0) is 14.6. The van der Waals surface area contributed by atoms with Crippen LogP contribution in [0.15, 0.2) is 6.07 Å². The second-order valence-corrected chi connectivity index (χ2v) is 5.29. The van der Waals surface area contributed by atoms with Gasteiger partial charge in [-0.15, -0.1) is 0 Å². The van der Waals surface area contributed by atoms with E-state index in [4.69, 9.17) is 23.1 Å². The normalized spacial score (nSPS) is 11.3. The first-order chi connectivity index (χ1) is 8.84. The van der Waals surface area contributed by atoms with Crippen LogP contribution in [0.1, 0.15) is 20.3 Å². The third-order valence-corrected chi connectivity index (χ3v) is 3.52. The van der Waals surface area contributed by atoms with Gasteiger partial charge < -0.3 is 21.7 Å². The minimum atomic E-state index is -0.587. The van der Waals surface area contributed by atoms with Gasteiger partial charge in [0.25, 0.3) is 0 Å². The van der Waals surface area contributed by atoms with E-state index >= 15 is 0 Å². The van der Waals surface area contributed by atoms with Crippen molar-refractivity contribution in [2.45, 2.75) is 26.3 Å². The first-order valence-electron chi connectivity index (χ1n) is 6.31. The Hall–Kier alpha value is -1.20. The van der Waals surface area contributed by atoms with E-state index in [0.29, 0.717) is 12.6 Å². The molecule has 19 heavy (non-hydrogen) atoms. The van der Waals surface area contributed by atoms with Crippen molar-refractivity contribution in [1.29, 1.82) is 0 Å². The van der Waals surface area contributed by atoms with Crippen molar-refractivity contribution < 1.29 is 4.39 Å². The Morgan fingerprint density at radius 1 is 1.37 bits per heavy atom. The summed E-state index contributed by atoms with van der Waals surface area (Å²) in [7, 11) is 2.06. The van der Waals surface area contributed by atoms with Crippen LogP contribution in [0.3, 0.4) is 0 Å². The summed E-state index contributed by atoms with van der Waals surface area (Å²) in [5, 5.41) is 2.89. The standard InChI is InChI=1S/C13H22ClFN4/c1-8(2)19(3)6-4-5-18-13-10(17)7-9(16)11(14)12(13)15/h7-8,18H,4-6,16-17H2,1-3H3. The van der Waals surface area contributed by atoms with Crippen LogP contribution in [0.2, 0.25) is 5.02 Å². The quantitative estimate of drug-likeness (QED) is 0.556. The van der Waals surface area contributed by atoms with Gasteiger partial charge in [-0.1, -0.05) is 11.6 Å². The number of hydrogen-bond donors (Lipinski definition) is 3. The Bertz CT molecular complexity index is 437. The van der Waals surface area contributed by atoms with Gasteiger partial charge in [-0.05, 0) is 39.9 Å². The fraction of sp³-hybridized carbons (Fsp3) is 0.538.